The maximum atomic E-state index is 13.4. The smallest absolute Gasteiger partial charge is 0.304 e. The fourth-order valence-corrected chi connectivity index (χ4v) is 3.76. The predicted octanol–water partition coefficient (Wildman–Crippen LogP) is 5.65. The summed E-state index contributed by atoms with van der Waals surface area (Å²) in [5.74, 6) is 4.86. The fourth-order valence-electron chi connectivity index (χ4n) is 3.76. The molecule has 0 aliphatic rings. The molecule has 0 bridgehead atoms. The number of hydrogen-bond donors (Lipinski definition) is 2. The van der Waals surface area contributed by atoms with Crippen LogP contribution in [-0.4, -0.2) is 21.3 Å². The van der Waals surface area contributed by atoms with E-state index >= 15 is 0 Å². The molecule has 2 unspecified atom stereocenters. The molecular weight excluding hydrogens is 419 g/mol. The van der Waals surface area contributed by atoms with Crippen LogP contribution >= 0.6 is 0 Å². The van der Waals surface area contributed by atoms with Crippen molar-refractivity contribution < 1.29 is 19.0 Å². The Labute approximate surface area is 191 Å². The van der Waals surface area contributed by atoms with Crippen LogP contribution in [0, 0.1) is 17.7 Å². The Kier molecular flexibility index (Phi) is 6.70. The van der Waals surface area contributed by atoms with Crippen LogP contribution < -0.4 is 4.74 Å². The zero-order chi connectivity index (χ0) is 23.2. The van der Waals surface area contributed by atoms with Crippen LogP contribution in [0.5, 0.6) is 5.75 Å². The molecule has 0 saturated heterocycles. The molecule has 2 N–H and O–H groups in total. The van der Waals surface area contributed by atoms with Gasteiger partial charge in [-0.15, -0.1) is 5.92 Å². The molecule has 0 radical (unpaired) electrons. The van der Waals surface area contributed by atoms with Crippen LogP contribution in [0.3, 0.4) is 0 Å². The van der Waals surface area contributed by atoms with Gasteiger partial charge in [0.2, 0.25) is 0 Å². The molecule has 0 amide bonds. The monoisotopic (exact) mass is 442 g/mol. The summed E-state index contributed by atoms with van der Waals surface area (Å²) in [7, 11) is 0. The summed E-state index contributed by atoms with van der Waals surface area (Å²) in [5.41, 5.74) is 3.64. The molecule has 166 valence electrons. The molecule has 0 spiro atoms. The van der Waals surface area contributed by atoms with E-state index in [4.69, 9.17) is 9.84 Å². The van der Waals surface area contributed by atoms with Gasteiger partial charge in [-0.05, 0) is 53.9 Å². The van der Waals surface area contributed by atoms with Gasteiger partial charge in [0.15, 0.2) is 0 Å². The first-order valence-electron chi connectivity index (χ1n) is 10.6. The number of aliphatic carboxylic acids is 1. The average molecular weight is 442 g/mol. The largest absolute Gasteiger partial charge is 0.485 e. The van der Waals surface area contributed by atoms with E-state index < -0.39 is 5.97 Å². The van der Waals surface area contributed by atoms with Gasteiger partial charge >= 0.3 is 5.97 Å². The Morgan fingerprint density at radius 1 is 1.09 bits per heavy atom. The lowest BCUT2D eigenvalue weighted by Gasteiger charge is -2.21. The SMILES string of the molecule is CC#CC(CC(=O)O)c1ccc(OC(Cc2ccc(F)cc2)c2ccc3cn[nH]c3c2)cc1. The number of nitrogens with zero attached hydrogens (tertiary/aromatic N) is 1. The summed E-state index contributed by atoms with van der Waals surface area (Å²) in [6, 6.07) is 19.7. The zero-order valence-corrected chi connectivity index (χ0v) is 18.1. The topological polar surface area (TPSA) is 75.2 Å². The third-order valence-corrected chi connectivity index (χ3v) is 5.43. The van der Waals surface area contributed by atoms with Crippen molar-refractivity contribution in [2.75, 3.05) is 0 Å². The molecule has 33 heavy (non-hydrogen) atoms. The van der Waals surface area contributed by atoms with Gasteiger partial charge in [-0.2, -0.15) is 5.10 Å². The minimum Gasteiger partial charge on any atom is -0.485 e. The minimum absolute atomic E-state index is 0.0571. The number of carbonyl (C=O) groups is 1. The Balaban J connectivity index is 1.60. The molecule has 4 aromatic rings. The van der Waals surface area contributed by atoms with Gasteiger partial charge in [0.25, 0.3) is 0 Å². The predicted molar refractivity (Wildman–Crippen MR) is 124 cm³/mol. The number of carboxylic acid groups (broad SMARTS) is 1. The third-order valence-electron chi connectivity index (χ3n) is 5.43. The number of carboxylic acids is 1. The van der Waals surface area contributed by atoms with E-state index in [1.807, 2.05) is 42.5 Å². The molecule has 4 rings (SSSR count). The van der Waals surface area contributed by atoms with Gasteiger partial charge in [-0.3, -0.25) is 9.89 Å². The summed E-state index contributed by atoms with van der Waals surface area (Å²) in [6.07, 6.45) is 1.93. The van der Waals surface area contributed by atoms with Crippen molar-refractivity contribution in [1.29, 1.82) is 0 Å². The molecular formula is C27H23FN2O3. The highest BCUT2D eigenvalue weighted by molar-refractivity contribution is 5.78. The number of aromatic nitrogens is 2. The van der Waals surface area contributed by atoms with Crippen molar-refractivity contribution in [3.8, 4) is 17.6 Å². The lowest BCUT2D eigenvalue weighted by Crippen LogP contribution is -2.11. The maximum absolute atomic E-state index is 13.4. The number of aromatic amines is 1. The van der Waals surface area contributed by atoms with Gasteiger partial charge in [-0.1, -0.05) is 42.3 Å². The van der Waals surface area contributed by atoms with E-state index in [2.05, 4.69) is 22.0 Å². The van der Waals surface area contributed by atoms with Gasteiger partial charge in [0.05, 0.1) is 24.1 Å². The molecule has 3 aromatic carbocycles. The van der Waals surface area contributed by atoms with Crippen molar-refractivity contribution in [3.63, 3.8) is 0 Å². The van der Waals surface area contributed by atoms with E-state index in [-0.39, 0.29) is 24.3 Å². The van der Waals surface area contributed by atoms with Crippen LogP contribution in [0.4, 0.5) is 4.39 Å². The van der Waals surface area contributed by atoms with Crippen LogP contribution in [0.1, 0.15) is 42.1 Å². The van der Waals surface area contributed by atoms with E-state index in [1.54, 1.807) is 25.3 Å². The van der Waals surface area contributed by atoms with E-state index in [1.165, 1.54) is 12.1 Å². The Morgan fingerprint density at radius 3 is 2.52 bits per heavy atom. The first kappa shape index (κ1) is 22.1. The molecule has 0 aliphatic heterocycles. The van der Waals surface area contributed by atoms with Crippen molar-refractivity contribution >= 4 is 16.9 Å². The first-order chi connectivity index (χ1) is 16.0. The van der Waals surface area contributed by atoms with Crippen LogP contribution in [0.15, 0.2) is 72.9 Å². The Morgan fingerprint density at radius 2 is 1.82 bits per heavy atom. The quantitative estimate of drug-likeness (QED) is 0.346. The Bertz CT molecular complexity index is 1300. The molecule has 2 atom stereocenters. The summed E-state index contributed by atoms with van der Waals surface area (Å²) in [6.45, 7) is 1.70. The number of rotatable bonds is 8. The van der Waals surface area contributed by atoms with Gasteiger partial charge in [0, 0.05) is 11.8 Å². The number of ether oxygens (including phenoxy) is 1. The number of nitrogens with one attached hydrogen (secondary N) is 1. The van der Waals surface area contributed by atoms with Gasteiger partial charge < -0.3 is 9.84 Å². The van der Waals surface area contributed by atoms with Crippen molar-refractivity contribution in [2.24, 2.45) is 0 Å². The number of halogens is 1. The molecule has 5 nitrogen and oxygen atoms in total. The second-order valence-electron chi connectivity index (χ2n) is 7.77. The van der Waals surface area contributed by atoms with Crippen LogP contribution in [-0.2, 0) is 11.2 Å². The normalized spacial score (nSPS) is 12.5. The number of hydrogen-bond acceptors (Lipinski definition) is 3. The fraction of sp³-hybridized carbons (Fsp3) is 0.185. The molecule has 1 heterocycles. The van der Waals surface area contributed by atoms with Gasteiger partial charge in [0.1, 0.15) is 17.7 Å². The highest BCUT2D eigenvalue weighted by Crippen LogP contribution is 2.29. The summed E-state index contributed by atoms with van der Waals surface area (Å²) in [4.78, 5) is 11.2. The van der Waals surface area contributed by atoms with Crippen molar-refractivity contribution in [2.45, 2.75) is 31.8 Å². The van der Waals surface area contributed by atoms with E-state index in [0.717, 1.165) is 27.6 Å². The summed E-state index contributed by atoms with van der Waals surface area (Å²) < 4.78 is 19.7. The lowest BCUT2D eigenvalue weighted by molar-refractivity contribution is -0.137. The lowest BCUT2D eigenvalue weighted by atomic mass is 9.96. The Hall–Kier alpha value is -4.11. The standard InChI is InChI=1S/C27H23FN2O3/c1-2-3-20(16-27(31)32)19-8-12-24(13-9-19)33-26(14-18-4-10-23(28)11-5-18)21-6-7-22-17-29-30-25(22)15-21/h4-13,15,17,20,26H,14,16H2,1H3,(H,29,30)(H,31,32). The van der Waals surface area contributed by atoms with Crippen LogP contribution in [0.25, 0.3) is 10.9 Å². The second kappa shape index (κ2) is 10.0. The first-order valence-corrected chi connectivity index (χ1v) is 10.6. The van der Waals surface area contributed by atoms with Crippen molar-refractivity contribution in [1.82, 2.24) is 10.2 Å². The zero-order valence-electron chi connectivity index (χ0n) is 18.1. The van der Waals surface area contributed by atoms with Gasteiger partial charge in [-0.25, -0.2) is 4.39 Å². The number of fused-ring (bicyclic) bond motifs is 1. The molecule has 6 heteroatoms. The highest BCUT2D eigenvalue weighted by Gasteiger charge is 2.17. The maximum Gasteiger partial charge on any atom is 0.304 e. The minimum atomic E-state index is -0.892. The molecule has 1 aromatic heterocycles. The van der Waals surface area contributed by atoms with E-state index in [0.29, 0.717) is 12.2 Å². The number of H-pyrrole nitrogens is 1. The molecule has 0 aliphatic carbocycles. The summed E-state index contributed by atoms with van der Waals surface area (Å²) in [5, 5.41) is 17.2. The molecule has 0 saturated carbocycles. The number of benzene rings is 3. The molecule has 0 fully saturated rings. The van der Waals surface area contributed by atoms with Crippen molar-refractivity contribution in [3.05, 3.63) is 95.4 Å². The second-order valence-corrected chi connectivity index (χ2v) is 7.77. The average Bonchev–Trinajstić information content (AvgIpc) is 3.28. The highest BCUT2D eigenvalue weighted by atomic mass is 19.1. The van der Waals surface area contributed by atoms with E-state index in [9.17, 15) is 9.18 Å². The third kappa shape index (κ3) is 5.58. The summed E-state index contributed by atoms with van der Waals surface area (Å²) >= 11 is 0. The van der Waals surface area contributed by atoms with Crippen LogP contribution in [0.2, 0.25) is 0 Å².